The number of likely N-dealkylation sites (N-methyl/N-ethyl adjacent to an activating group) is 1. The van der Waals surface area contributed by atoms with Gasteiger partial charge in [-0.05, 0) is 11.1 Å². The normalized spacial score (nSPS) is 20.8. The number of hydrogen-bond donors (Lipinski definition) is 0. The van der Waals surface area contributed by atoms with Crippen molar-refractivity contribution in [3.63, 3.8) is 0 Å². The molecule has 2 aliphatic heterocycles. The van der Waals surface area contributed by atoms with Crippen LogP contribution in [0.3, 0.4) is 0 Å². The zero-order chi connectivity index (χ0) is 18.3. The van der Waals surface area contributed by atoms with E-state index in [9.17, 15) is 14.4 Å². The van der Waals surface area contributed by atoms with Crippen molar-refractivity contribution >= 4 is 29.3 Å². The second-order valence-corrected chi connectivity index (χ2v) is 5.71. The molecule has 0 spiro atoms. The Morgan fingerprint density at radius 3 is 2.36 bits per heavy atom. The molecule has 9 nitrogen and oxygen atoms in total. The predicted molar refractivity (Wildman–Crippen MR) is 88.1 cm³/mol. The molecule has 126 valence electrons. The van der Waals surface area contributed by atoms with Gasteiger partial charge >= 0.3 is 17.8 Å². The molecule has 25 heavy (non-hydrogen) atoms. The average Bonchev–Trinajstić information content (AvgIpc) is 2.62. The number of fused-ring (bicyclic) bond motifs is 1. The van der Waals surface area contributed by atoms with Gasteiger partial charge in [0.1, 0.15) is 0 Å². The minimum Gasteiger partial charge on any atom is -0.255 e. The fourth-order valence-electron chi connectivity index (χ4n) is 3.13. The van der Waals surface area contributed by atoms with Crippen molar-refractivity contribution in [2.75, 3.05) is 21.1 Å². The van der Waals surface area contributed by atoms with Crippen LogP contribution in [0.1, 0.15) is 5.56 Å². The maximum atomic E-state index is 12.9. The molecule has 0 N–H and O–H groups in total. The van der Waals surface area contributed by atoms with E-state index in [0.717, 1.165) is 4.90 Å². The third-order valence-electron chi connectivity index (χ3n) is 4.36. The van der Waals surface area contributed by atoms with Crippen LogP contribution >= 0.6 is 0 Å². The Kier molecular flexibility index (Phi) is 3.86. The van der Waals surface area contributed by atoms with E-state index in [-0.39, 0.29) is 17.1 Å². The molecule has 1 aromatic carbocycles. The van der Waals surface area contributed by atoms with Gasteiger partial charge in [0.25, 0.3) is 0 Å². The van der Waals surface area contributed by atoms with E-state index in [0.29, 0.717) is 5.56 Å². The van der Waals surface area contributed by atoms with Gasteiger partial charge in [-0.1, -0.05) is 35.4 Å². The lowest BCUT2D eigenvalue weighted by Crippen LogP contribution is -2.60. The molecule has 1 aromatic rings. The van der Waals surface area contributed by atoms with E-state index in [2.05, 4.69) is 10.0 Å². The fourth-order valence-corrected chi connectivity index (χ4v) is 3.13. The van der Waals surface area contributed by atoms with Crippen LogP contribution in [0.4, 0.5) is 4.79 Å². The van der Waals surface area contributed by atoms with Crippen LogP contribution in [0.2, 0.25) is 0 Å². The number of amides is 4. The molecule has 0 radical (unpaired) electrons. The predicted octanol–water partition coefficient (Wildman–Crippen LogP) is 1.43. The smallest absolute Gasteiger partial charge is 0.255 e. The molecule has 0 fully saturated rings. The van der Waals surface area contributed by atoms with Gasteiger partial charge in [0.2, 0.25) is 5.84 Å². The third kappa shape index (κ3) is 2.29. The first-order chi connectivity index (χ1) is 11.9. The number of carbonyl (C=O) groups excluding carboxylic acids is 3. The standard InChI is InChI=1S/C16H15N6O3/c1-20-13-11(15(24)22(3)16(25)21(13)2)12(18-19-17)10(14(20)23)9-7-5-4-6-8-9/h4-8,11H,1-3H3/q+1. The molecule has 2 heterocycles. The van der Waals surface area contributed by atoms with E-state index in [4.69, 9.17) is 5.53 Å². The number of nitrogens with zero attached hydrogens (tertiary/aromatic N) is 6. The van der Waals surface area contributed by atoms with E-state index in [1.807, 2.05) is 0 Å². The van der Waals surface area contributed by atoms with Crippen molar-refractivity contribution < 1.29 is 19.0 Å². The molecule has 0 saturated carbocycles. The van der Waals surface area contributed by atoms with Crippen LogP contribution < -0.4 is 0 Å². The first-order valence-electron chi connectivity index (χ1n) is 7.45. The summed E-state index contributed by atoms with van der Waals surface area (Å²) in [5.41, 5.74) is 9.67. The summed E-state index contributed by atoms with van der Waals surface area (Å²) in [6.45, 7) is 0. The molecule has 2 aliphatic rings. The Hall–Kier alpha value is -3.45. The first-order valence-corrected chi connectivity index (χ1v) is 7.45. The number of hydrogen-bond acceptors (Lipinski definition) is 4. The molecule has 4 amide bonds. The van der Waals surface area contributed by atoms with Crippen LogP contribution in [0, 0.1) is 5.92 Å². The maximum absolute atomic E-state index is 12.9. The second-order valence-electron chi connectivity index (χ2n) is 5.71. The van der Waals surface area contributed by atoms with Gasteiger partial charge in [-0.3, -0.25) is 9.59 Å². The lowest BCUT2D eigenvalue weighted by atomic mass is 9.88. The molecule has 0 aliphatic carbocycles. The molecule has 9 heteroatoms. The van der Waals surface area contributed by atoms with E-state index in [1.54, 1.807) is 30.3 Å². The third-order valence-corrected chi connectivity index (χ3v) is 4.36. The van der Waals surface area contributed by atoms with Gasteiger partial charge in [-0.15, -0.1) is 0 Å². The fraction of sp³-hybridized carbons (Fsp3) is 0.250. The van der Waals surface area contributed by atoms with Gasteiger partial charge in [-0.2, -0.15) is 4.90 Å². The van der Waals surface area contributed by atoms with Crippen LogP contribution in [-0.4, -0.2) is 59.2 Å². The van der Waals surface area contributed by atoms with Crippen molar-refractivity contribution in [1.29, 1.82) is 0 Å². The highest BCUT2D eigenvalue weighted by Crippen LogP contribution is 2.35. The van der Waals surface area contributed by atoms with Crippen molar-refractivity contribution in [3.8, 4) is 0 Å². The molecule has 3 rings (SSSR count). The maximum Gasteiger partial charge on any atom is 0.445 e. The number of imide groups is 1. The van der Waals surface area contributed by atoms with Crippen molar-refractivity contribution in [2.45, 2.75) is 0 Å². The number of rotatable bonds is 2. The molecule has 1 unspecified atom stereocenters. The minimum absolute atomic E-state index is 0.00278. The molecular formula is C16H15N6O3+. The Bertz CT molecular complexity index is 911. The highest BCUT2D eigenvalue weighted by molar-refractivity contribution is 6.31. The van der Waals surface area contributed by atoms with Crippen molar-refractivity contribution in [2.24, 2.45) is 11.0 Å². The number of urea groups is 1. The topological polar surface area (TPSA) is 109 Å². The average molecular weight is 339 g/mol. The summed E-state index contributed by atoms with van der Waals surface area (Å²) in [6, 6.07) is 8.12. The zero-order valence-electron chi connectivity index (χ0n) is 13.9. The highest BCUT2D eigenvalue weighted by Gasteiger charge is 2.53. The summed E-state index contributed by atoms with van der Waals surface area (Å²) in [4.78, 5) is 42.9. The summed E-state index contributed by atoms with van der Waals surface area (Å²) < 4.78 is 1.22. The van der Waals surface area contributed by atoms with Gasteiger partial charge in [-0.25, -0.2) is 14.3 Å². The van der Waals surface area contributed by atoms with Crippen LogP contribution in [0.5, 0.6) is 0 Å². The Labute approximate surface area is 143 Å². The summed E-state index contributed by atoms with van der Waals surface area (Å²) >= 11 is 0. The summed E-state index contributed by atoms with van der Waals surface area (Å²) in [5, 5.41) is 3.66. The quantitative estimate of drug-likeness (QED) is 0.352. The summed E-state index contributed by atoms with van der Waals surface area (Å²) in [5.74, 6) is -1.84. The summed E-state index contributed by atoms with van der Waals surface area (Å²) in [6.07, 6.45) is 0. The Morgan fingerprint density at radius 2 is 1.76 bits per heavy atom. The summed E-state index contributed by atoms with van der Waals surface area (Å²) in [7, 11) is 4.31. The number of azide groups is 1. The molecule has 1 atom stereocenters. The molecular weight excluding hydrogens is 324 g/mol. The number of amidine groups is 1. The van der Waals surface area contributed by atoms with Crippen LogP contribution in [0.15, 0.2) is 41.1 Å². The van der Waals surface area contributed by atoms with Crippen molar-refractivity contribution in [1.82, 2.24) is 9.80 Å². The minimum atomic E-state index is -1.03. The van der Waals surface area contributed by atoms with Crippen LogP contribution in [-0.2, 0) is 9.59 Å². The molecule has 0 bridgehead atoms. The van der Waals surface area contributed by atoms with Crippen molar-refractivity contribution in [3.05, 3.63) is 52.0 Å². The number of carbonyl (C=O) groups is 3. The SMILES string of the molecule is CN1C(=O)C2C(N=[N+]=[N-])=C(c3ccccc3)C(=O)N(C)C2=[N+](C)C1=O. The van der Waals surface area contributed by atoms with E-state index in [1.165, 1.54) is 30.6 Å². The zero-order valence-corrected chi connectivity index (χ0v) is 13.9. The largest absolute Gasteiger partial charge is 0.445 e. The molecule has 0 saturated heterocycles. The van der Waals surface area contributed by atoms with E-state index < -0.39 is 23.8 Å². The van der Waals surface area contributed by atoms with Gasteiger partial charge < -0.3 is 0 Å². The highest BCUT2D eigenvalue weighted by atomic mass is 16.2. The lowest BCUT2D eigenvalue weighted by Gasteiger charge is -2.34. The number of benzene rings is 1. The van der Waals surface area contributed by atoms with Gasteiger partial charge in [0, 0.05) is 4.91 Å². The molecule has 0 aromatic heterocycles. The Morgan fingerprint density at radius 1 is 1.12 bits per heavy atom. The Balaban J connectivity index is 2.38. The first kappa shape index (κ1) is 16.4. The second kappa shape index (κ2) is 5.88. The van der Waals surface area contributed by atoms with E-state index >= 15 is 0 Å². The monoisotopic (exact) mass is 339 g/mol. The van der Waals surface area contributed by atoms with Gasteiger partial charge in [0.15, 0.2) is 5.92 Å². The van der Waals surface area contributed by atoms with Crippen LogP contribution in [0.25, 0.3) is 16.0 Å². The lowest BCUT2D eigenvalue weighted by molar-refractivity contribution is -0.412. The van der Waals surface area contributed by atoms with Gasteiger partial charge in [0.05, 0.1) is 32.4 Å².